The molecule has 2 aliphatic carbocycles. The molecule has 0 aromatic rings. The van der Waals surface area contributed by atoms with Gasteiger partial charge in [-0.3, -0.25) is 9.59 Å². The van der Waals surface area contributed by atoms with Crippen LogP contribution in [0.5, 0.6) is 0 Å². The number of esters is 2. The predicted molar refractivity (Wildman–Crippen MR) is 51.9 cm³/mol. The third-order valence-corrected chi connectivity index (χ3v) is 3.61. The fourth-order valence-electron chi connectivity index (χ4n) is 3.02. The van der Waals surface area contributed by atoms with Gasteiger partial charge in [-0.25, -0.2) is 0 Å². The minimum Gasteiger partial charge on any atom is -0.469 e. The number of rotatable bonds is 2. The molecule has 4 heteroatoms. The highest BCUT2D eigenvalue weighted by molar-refractivity contribution is 5.73. The first-order chi connectivity index (χ1) is 7.11. The van der Waals surface area contributed by atoms with Crippen molar-refractivity contribution in [3.8, 4) is 0 Å². The van der Waals surface area contributed by atoms with Crippen LogP contribution >= 0.6 is 0 Å². The number of fused-ring (bicyclic) bond motifs is 2. The summed E-state index contributed by atoms with van der Waals surface area (Å²) in [6, 6.07) is 0. The molecule has 4 atom stereocenters. The Morgan fingerprint density at radius 3 is 2.33 bits per heavy atom. The van der Waals surface area contributed by atoms with Crippen LogP contribution in [0.2, 0.25) is 0 Å². The lowest BCUT2D eigenvalue weighted by atomic mass is 9.87. The SMILES string of the molecule is COC(=O)C1CC2CC1CC2OC(C)=O. The van der Waals surface area contributed by atoms with Crippen molar-refractivity contribution in [3.05, 3.63) is 0 Å². The Bertz CT molecular complexity index is 286. The molecule has 0 aromatic heterocycles. The number of ether oxygens (including phenoxy) is 2. The molecule has 0 aromatic carbocycles. The van der Waals surface area contributed by atoms with Gasteiger partial charge in [0.1, 0.15) is 6.10 Å². The van der Waals surface area contributed by atoms with Crippen LogP contribution in [0.1, 0.15) is 26.2 Å². The topological polar surface area (TPSA) is 52.6 Å². The van der Waals surface area contributed by atoms with Gasteiger partial charge in [-0.15, -0.1) is 0 Å². The Morgan fingerprint density at radius 1 is 1.13 bits per heavy atom. The van der Waals surface area contributed by atoms with Crippen molar-refractivity contribution in [1.29, 1.82) is 0 Å². The maximum absolute atomic E-state index is 11.4. The summed E-state index contributed by atoms with van der Waals surface area (Å²) in [6.45, 7) is 1.43. The predicted octanol–water partition coefficient (Wildman–Crippen LogP) is 1.14. The summed E-state index contributed by atoms with van der Waals surface area (Å²) in [5.74, 6) is 0.424. The number of carbonyl (C=O) groups excluding carboxylic acids is 2. The summed E-state index contributed by atoms with van der Waals surface area (Å²) in [5.41, 5.74) is 0. The number of methoxy groups -OCH3 is 1. The van der Waals surface area contributed by atoms with E-state index in [1.54, 1.807) is 0 Å². The van der Waals surface area contributed by atoms with Crippen molar-refractivity contribution in [2.45, 2.75) is 32.3 Å². The molecule has 0 radical (unpaired) electrons. The van der Waals surface area contributed by atoms with E-state index in [4.69, 9.17) is 9.47 Å². The largest absolute Gasteiger partial charge is 0.469 e. The van der Waals surface area contributed by atoms with E-state index < -0.39 is 0 Å². The Labute approximate surface area is 88.9 Å². The first-order valence-electron chi connectivity index (χ1n) is 5.37. The zero-order valence-electron chi connectivity index (χ0n) is 9.06. The second-order valence-corrected chi connectivity index (χ2v) is 4.50. The van der Waals surface area contributed by atoms with E-state index in [0.717, 1.165) is 19.3 Å². The quantitative estimate of drug-likeness (QED) is 0.644. The highest BCUT2D eigenvalue weighted by Crippen LogP contribution is 2.50. The highest BCUT2D eigenvalue weighted by Gasteiger charge is 2.50. The first kappa shape index (κ1) is 10.5. The van der Waals surface area contributed by atoms with Gasteiger partial charge in [0.2, 0.25) is 0 Å². The van der Waals surface area contributed by atoms with Crippen LogP contribution in [0.25, 0.3) is 0 Å². The number of hydrogen-bond donors (Lipinski definition) is 0. The summed E-state index contributed by atoms with van der Waals surface area (Å²) in [7, 11) is 1.43. The maximum atomic E-state index is 11.4. The van der Waals surface area contributed by atoms with E-state index in [9.17, 15) is 9.59 Å². The minimum atomic E-state index is -0.220. The molecule has 2 fully saturated rings. The Balaban J connectivity index is 1.94. The molecule has 2 saturated carbocycles. The van der Waals surface area contributed by atoms with E-state index in [2.05, 4.69) is 0 Å². The standard InChI is InChI=1S/C11H16O4/c1-6(12)15-10-5-7-3-8(10)4-9(7)11(13)14-2/h7-10H,3-5H2,1-2H3. The summed E-state index contributed by atoms with van der Waals surface area (Å²) < 4.78 is 9.97. The molecule has 2 aliphatic rings. The van der Waals surface area contributed by atoms with Crippen LogP contribution in [-0.2, 0) is 19.1 Å². The van der Waals surface area contributed by atoms with Crippen molar-refractivity contribution < 1.29 is 19.1 Å². The molecule has 0 aliphatic heterocycles. The van der Waals surface area contributed by atoms with E-state index in [1.165, 1.54) is 14.0 Å². The summed E-state index contributed by atoms with van der Waals surface area (Å²) in [4.78, 5) is 22.2. The Morgan fingerprint density at radius 2 is 1.87 bits per heavy atom. The van der Waals surface area contributed by atoms with Crippen molar-refractivity contribution >= 4 is 11.9 Å². The van der Waals surface area contributed by atoms with Crippen LogP contribution in [0, 0.1) is 17.8 Å². The average Bonchev–Trinajstić information content (AvgIpc) is 2.74. The van der Waals surface area contributed by atoms with Gasteiger partial charge in [0.15, 0.2) is 0 Å². The average molecular weight is 212 g/mol. The molecule has 0 saturated heterocycles. The molecule has 15 heavy (non-hydrogen) atoms. The lowest BCUT2D eigenvalue weighted by molar-refractivity contribution is -0.152. The van der Waals surface area contributed by atoms with Gasteiger partial charge in [0, 0.05) is 6.92 Å². The van der Waals surface area contributed by atoms with Crippen molar-refractivity contribution in [2.24, 2.45) is 17.8 Å². The molecule has 0 heterocycles. The van der Waals surface area contributed by atoms with Gasteiger partial charge in [-0.1, -0.05) is 0 Å². The Kier molecular flexibility index (Phi) is 2.67. The summed E-state index contributed by atoms with van der Waals surface area (Å²) >= 11 is 0. The van der Waals surface area contributed by atoms with Gasteiger partial charge in [-0.2, -0.15) is 0 Å². The number of hydrogen-bond acceptors (Lipinski definition) is 4. The van der Waals surface area contributed by atoms with Crippen LogP contribution in [-0.4, -0.2) is 25.2 Å². The minimum absolute atomic E-state index is 0.0341. The van der Waals surface area contributed by atoms with E-state index in [1.807, 2.05) is 0 Å². The zero-order valence-corrected chi connectivity index (χ0v) is 9.06. The van der Waals surface area contributed by atoms with Gasteiger partial charge >= 0.3 is 11.9 Å². The molecule has 0 N–H and O–H groups in total. The molecule has 2 rings (SSSR count). The monoisotopic (exact) mass is 212 g/mol. The van der Waals surface area contributed by atoms with Crippen LogP contribution in [0.3, 0.4) is 0 Å². The molecule has 4 unspecified atom stereocenters. The van der Waals surface area contributed by atoms with E-state index in [0.29, 0.717) is 11.8 Å². The fraction of sp³-hybridized carbons (Fsp3) is 0.818. The maximum Gasteiger partial charge on any atom is 0.308 e. The smallest absolute Gasteiger partial charge is 0.308 e. The highest BCUT2D eigenvalue weighted by atomic mass is 16.5. The van der Waals surface area contributed by atoms with Crippen molar-refractivity contribution in [2.75, 3.05) is 7.11 Å². The third kappa shape index (κ3) is 1.85. The summed E-state index contributed by atoms with van der Waals surface area (Å²) in [5, 5.41) is 0. The fourth-order valence-corrected chi connectivity index (χ4v) is 3.02. The van der Waals surface area contributed by atoms with Crippen molar-refractivity contribution in [3.63, 3.8) is 0 Å². The lowest BCUT2D eigenvalue weighted by Gasteiger charge is -2.25. The molecule has 84 valence electrons. The normalized spacial score (nSPS) is 37.7. The van der Waals surface area contributed by atoms with Gasteiger partial charge in [-0.05, 0) is 31.1 Å². The van der Waals surface area contributed by atoms with Gasteiger partial charge < -0.3 is 9.47 Å². The van der Waals surface area contributed by atoms with Gasteiger partial charge in [0.25, 0.3) is 0 Å². The van der Waals surface area contributed by atoms with E-state index >= 15 is 0 Å². The molecular weight excluding hydrogens is 196 g/mol. The molecule has 0 amide bonds. The zero-order chi connectivity index (χ0) is 11.0. The van der Waals surface area contributed by atoms with E-state index in [-0.39, 0.29) is 24.0 Å². The van der Waals surface area contributed by atoms with Crippen molar-refractivity contribution in [1.82, 2.24) is 0 Å². The lowest BCUT2D eigenvalue weighted by Crippen LogP contribution is -2.30. The molecule has 0 spiro atoms. The van der Waals surface area contributed by atoms with Crippen LogP contribution in [0.15, 0.2) is 0 Å². The van der Waals surface area contributed by atoms with Crippen LogP contribution < -0.4 is 0 Å². The number of carbonyl (C=O) groups is 2. The Hall–Kier alpha value is -1.06. The second kappa shape index (κ2) is 3.83. The summed E-state index contributed by atoms with van der Waals surface area (Å²) in [6.07, 6.45) is 2.67. The second-order valence-electron chi connectivity index (χ2n) is 4.50. The van der Waals surface area contributed by atoms with Gasteiger partial charge in [0.05, 0.1) is 13.0 Å². The first-order valence-corrected chi connectivity index (χ1v) is 5.37. The third-order valence-electron chi connectivity index (χ3n) is 3.61. The van der Waals surface area contributed by atoms with Crippen LogP contribution in [0.4, 0.5) is 0 Å². The molecule has 4 nitrogen and oxygen atoms in total. The molecular formula is C11H16O4. The molecule has 2 bridgehead atoms.